The average molecular weight is 338 g/mol. The fourth-order valence-electron chi connectivity index (χ4n) is 1.87. The van der Waals surface area contributed by atoms with Crippen LogP contribution in [0.2, 0.25) is 0 Å². The molecule has 5 nitrogen and oxygen atoms in total. The molecule has 0 spiro atoms. The Morgan fingerprint density at radius 3 is 2.45 bits per heavy atom. The van der Waals surface area contributed by atoms with E-state index >= 15 is 0 Å². The highest BCUT2D eigenvalue weighted by Crippen LogP contribution is 2.21. The second-order valence-electron chi connectivity index (χ2n) is 5.14. The Balaban J connectivity index is 2.06. The molecule has 1 N–H and O–H groups in total. The van der Waals surface area contributed by atoms with E-state index in [-0.39, 0.29) is 23.1 Å². The lowest BCUT2D eigenvalue weighted by Gasteiger charge is -2.11. The third kappa shape index (κ3) is 4.00. The molecule has 1 heterocycles. The van der Waals surface area contributed by atoms with Gasteiger partial charge in [-0.15, -0.1) is 11.3 Å². The van der Waals surface area contributed by atoms with Crippen molar-refractivity contribution in [3.8, 4) is 0 Å². The summed E-state index contributed by atoms with van der Waals surface area (Å²) in [7, 11) is -3.58. The maximum atomic E-state index is 12.2. The Morgan fingerprint density at radius 1 is 1.32 bits per heavy atom. The minimum absolute atomic E-state index is 0.00460. The van der Waals surface area contributed by atoms with Crippen LogP contribution in [0.4, 0.5) is 0 Å². The third-order valence-corrected chi connectivity index (χ3v) is 5.80. The fraction of sp³-hybridized carbons (Fsp3) is 0.333. The highest BCUT2D eigenvalue weighted by Gasteiger charge is 2.17. The molecule has 0 aliphatic heterocycles. The molecule has 7 heteroatoms. The lowest BCUT2D eigenvalue weighted by Crippen LogP contribution is -2.27. The van der Waals surface area contributed by atoms with Gasteiger partial charge in [-0.3, -0.25) is 4.79 Å². The topological polar surface area (TPSA) is 76.1 Å². The van der Waals surface area contributed by atoms with Crippen molar-refractivity contribution in [3.63, 3.8) is 0 Å². The van der Waals surface area contributed by atoms with Crippen LogP contribution in [0, 0.1) is 6.92 Å². The van der Waals surface area contributed by atoms with Crippen LogP contribution in [0.3, 0.4) is 0 Å². The number of Topliss-reactive ketones (excluding diaryl/α,β-unsaturated/α-hetero) is 1. The van der Waals surface area contributed by atoms with Crippen LogP contribution in [0.5, 0.6) is 0 Å². The van der Waals surface area contributed by atoms with Crippen molar-refractivity contribution < 1.29 is 13.2 Å². The number of benzene rings is 1. The summed E-state index contributed by atoms with van der Waals surface area (Å²) in [5, 5.41) is 0.909. The molecule has 0 fully saturated rings. The largest absolute Gasteiger partial charge is 0.295 e. The summed E-state index contributed by atoms with van der Waals surface area (Å²) < 4.78 is 27.1. The fourth-order valence-corrected chi connectivity index (χ4v) is 3.83. The Kier molecular flexibility index (Phi) is 5.10. The van der Waals surface area contributed by atoms with Crippen LogP contribution >= 0.6 is 11.3 Å². The van der Waals surface area contributed by atoms with Gasteiger partial charge in [0.2, 0.25) is 10.0 Å². The van der Waals surface area contributed by atoms with Gasteiger partial charge in [0.25, 0.3) is 0 Å². The first kappa shape index (κ1) is 16.8. The Hall–Kier alpha value is -1.57. The first-order valence-corrected chi connectivity index (χ1v) is 9.12. The molecular weight excluding hydrogens is 320 g/mol. The number of aryl methyl sites for hydroxylation is 1. The number of nitrogens with zero attached hydrogens (tertiary/aromatic N) is 1. The van der Waals surface area contributed by atoms with Crippen molar-refractivity contribution in [1.82, 2.24) is 9.71 Å². The van der Waals surface area contributed by atoms with Crippen LogP contribution in [0.25, 0.3) is 0 Å². The normalized spacial score (nSPS) is 13.0. The summed E-state index contributed by atoms with van der Waals surface area (Å²) in [4.78, 5) is 16.7. The monoisotopic (exact) mass is 338 g/mol. The minimum atomic E-state index is -3.58. The number of carbonyl (C=O) groups is 1. The van der Waals surface area contributed by atoms with E-state index in [9.17, 15) is 13.2 Å². The van der Waals surface area contributed by atoms with E-state index in [1.807, 2.05) is 13.8 Å². The number of hydrogen-bond acceptors (Lipinski definition) is 5. The molecule has 118 valence electrons. The van der Waals surface area contributed by atoms with E-state index in [4.69, 9.17) is 0 Å². The average Bonchev–Trinajstić information content (AvgIpc) is 2.91. The molecule has 1 aromatic carbocycles. The first-order valence-electron chi connectivity index (χ1n) is 6.82. The zero-order valence-corrected chi connectivity index (χ0v) is 14.3. The molecule has 1 aromatic heterocycles. The molecule has 1 unspecified atom stereocenters. The van der Waals surface area contributed by atoms with Crippen molar-refractivity contribution in [2.24, 2.45) is 0 Å². The molecule has 0 amide bonds. The molecule has 0 bridgehead atoms. The van der Waals surface area contributed by atoms with Crippen molar-refractivity contribution >= 4 is 27.1 Å². The van der Waals surface area contributed by atoms with E-state index in [1.165, 1.54) is 31.2 Å². The van der Waals surface area contributed by atoms with Crippen LogP contribution in [-0.2, 0) is 10.0 Å². The number of rotatable bonds is 6. The smallest absolute Gasteiger partial charge is 0.240 e. The maximum Gasteiger partial charge on any atom is 0.240 e. The zero-order chi connectivity index (χ0) is 16.3. The van der Waals surface area contributed by atoms with Gasteiger partial charge in [-0.2, -0.15) is 0 Å². The van der Waals surface area contributed by atoms with Crippen LogP contribution in [-0.4, -0.2) is 25.7 Å². The second kappa shape index (κ2) is 6.68. The van der Waals surface area contributed by atoms with Crippen molar-refractivity contribution in [1.29, 1.82) is 0 Å². The van der Waals surface area contributed by atoms with Gasteiger partial charge in [-0.25, -0.2) is 18.1 Å². The SMILES string of the molecule is CC(=O)c1ccc(S(=O)(=O)NCC(C)c2ncc(C)s2)cc1. The van der Waals surface area contributed by atoms with Crippen LogP contribution in [0.1, 0.15) is 40.0 Å². The van der Waals surface area contributed by atoms with Crippen molar-refractivity contribution in [2.75, 3.05) is 6.54 Å². The lowest BCUT2D eigenvalue weighted by molar-refractivity contribution is 0.101. The number of aromatic nitrogens is 1. The van der Waals surface area contributed by atoms with E-state index in [0.717, 1.165) is 9.88 Å². The minimum Gasteiger partial charge on any atom is -0.295 e. The van der Waals surface area contributed by atoms with Gasteiger partial charge in [0, 0.05) is 29.1 Å². The van der Waals surface area contributed by atoms with Crippen molar-refractivity contribution in [2.45, 2.75) is 31.6 Å². The molecule has 0 saturated carbocycles. The maximum absolute atomic E-state index is 12.2. The molecular formula is C15H18N2O3S2. The molecule has 0 aliphatic rings. The summed E-state index contributed by atoms with van der Waals surface area (Å²) in [6.07, 6.45) is 1.78. The molecule has 2 rings (SSSR count). The number of hydrogen-bond donors (Lipinski definition) is 1. The molecule has 22 heavy (non-hydrogen) atoms. The summed E-state index contributed by atoms with van der Waals surface area (Å²) in [5.74, 6) is -0.0883. The zero-order valence-electron chi connectivity index (χ0n) is 12.7. The number of thiazole rings is 1. The highest BCUT2D eigenvalue weighted by molar-refractivity contribution is 7.89. The van der Waals surface area contributed by atoms with Crippen LogP contribution in [0.15, 0.2) is 35.4 Å². The number of carbonyl (C=O) groups excluding carboxylic acids is 1. The first-order chi connectivity index (χ1) is 10.3. The molecule has 0 saturated heterocycles. The standard InChI is InChI=1S/C15H18N2O3S2/c1-10(15-16-9-11(2)21-15)8-17-22(19,20)14-6-4-13(5-7-14)12(3)18/h4-7,9-10,17H,8H2,1-3H3. The summed E-state index contributed by atoms with van der Waals surface area (Å²) >= 11 is 1.56. The molecule has 2 aromatic rings. The number of sulfonamides is 1. The summed E-state index contributed by atoms with van der Waals surface area (Å²) in [6.45, 7) is 5.62. The van der Waals surface area contributed by atoms with Crippen LogP contribution < -0.4 is 4.72 Å². The number of ketones is 1. The lowest BCUT2D eigenvalue weighted by atomic mass is 10.2. The van der Waals surface area contributed by atoms with Gasteiger partial charge < -0.3 is 0 Å². The second-order valence-corrected chi connectivity index (χ2v) is 8.18. The number of nitrogens with one attached hydrogen (secondary N) is 1. The quantitative estimate of drug-likeness (QED) is 0.822. The Morgan fingerprint density at radius 2 is 1.95 bits per heavy atom. The molecule has 0 aliphatic carbocycles. The summed E-state index contributed by atoms with van der Waals surface area (Å²) in [6, 6.07) is 5.92. The molecule has 1 atom stereocenters. The van der Waals surface area contributed by atoms with E-state index in [0.29, 0.717) is 5.56 Å². The summed E-state index contributed by atoms with van der Waals surface area (Å²) in [5.41, 5.74) is 0.491. The third-order valence-electron chi connectivity index (χ3n) is 3.21. The highest BCUT2D eigenvalue weighted by atomic mass is 32.2. The van der Waals surface area contributed by atoms with E-state index < -0.39 is 10.0 Å². The van der Waals surface area contributed by atoms with Gasteiger partial charge in [-0.05, 0) is 26.0 Å². The predicted molar refractivity (Wildman–Crippen MR) is 86.9 cm³/mol. The van der Waals surface area contributed by atoms with Gasteiger partial charge >= 0.3 is 0 Å². The molecule has 0 radical (unpaired) electrons. The van der Waals surface area contributed by atoms with Gasteiger partial charge in [-0.1, -0.05) is 19.1 Å². The van der Waals surface area contributed by atoms with Gasteiger partial charge in [0.15, 0.2) is 5.78 Å². The predicted octanol–water partition coefficient (Wildman–Crippen LogP) is 2.74. The van der Waals surface area contributed by atoms with Gasteiger partial charge in [0.1, 0.15) is 0 Å². The van der Waals surface area contributed by atoms with Crippen molar-refractivity contribution in [3.05, 3.63) is 45.9 Å². The Labute approximate surface area is 134 Å². The Bertz CT molecular complexity index is 764. The van der Waals surface area contributed by atoms with E-state index in [1.54, 1.807) is 17.5 Å². The van der Waals surface area contributed by atoms with E-state index in [2.05, 4.69) is 9.71 Å². The van der Waals surface area contributed by atoms with Gasteiger partial charge in [0.05, 0.1) is 9.90 Å².